The van der Waals surface area contributed by atoms with Crippen molar-refractivity contribution in [1.82, 2.24) is 15.3 Å². The topological polar surface area (TPSA) is 57.8 Å². The van der Waals surface area contributed by atoms with Crippen molar-refractivity contribution in [3.63, 3.8) is 0 Å². The normalized spacial score (nSPS) is 10.8. The van der Waals surface area contributed by atoms with Crippen molar-refractivity contribution in [2.45, 2.75) is 20.4 Å². The first kappa shape index (κ1) is 13.4. The molecule has 106 valence electrons. The Morgan fingerprint density at radius 2 is 1.90 bits per heavy atom. The zero-order valence-corrected chi connectivity index (χ0v) is 12.1. The zero-order chi connectivity index (χ0) is 14.8. The lowest BCUT2D eigenvalue weighted by atomic mass is 10.1. The van der Waals surface area contributed by atoms with E-state index in [0.717, 1.165) is 22.4 Å². The van der Waals surface area contributed by atoms with E-state index in [-0.39, 0.29) is 5.91 Å². The monoisotopic (exact) mass is 279 g/mol. The lowest BCUT2D eigenvalue weighted by Crippen LogP contribution is -2.22. The van der Waals surface area contributed by atoms with Gasteiger partial charge < -0.3 is 10.3 Å². The molecule has 0 saturated carbocycles. The second-order valence-corrected chi connectivity index (χ2v) is 5.22. The van der Waals surface area contributed by atoms with Gasteiger partial charge in [-0.15, -0.1) is 0 Å². The molecule has 0 aliphatic carbocycles. The molecule has 0 fully saturated rings. The summed E-state index contributed by atoms with van der Waals surface area (Å²) in [4.78, 5) is 19.7. The first-order valence-electron chi connectivity index (χ1n) is 6.92. The summed E-state index contributed by atoms with van der Waals surface area (Å²) in [5.74, 6) is 0.770. The fraction of sp³-hybridized carbons (Fsp3) is 0.176. The van der Waals surface area contributed by atoms with Crippen molar-refractivity contribution in [1.29, 1.82) is 0 Å². The van der Waals surface area contributed by atoms with E-state index in [9.17, 15) is 4.79 Å². The maximum absolute atomic E-state index is 12.2. The Kier molecular flexibility index (Phi) is 3.44. The van der Waals surface area contributed by atoms with Crippen molar-refractivity contribution in [3.05, 3.63) is 65.0 Å². The number of hydrogen-bond donors (Lipinski definition) is 2. The van der Waals surface area contributed by atoms with Crippen LogP contribution in [-0.4, -0.2) is 15.9 Å². The number of imidazole rings is 1. The Bertz CT molecular complexity index is 787. The van der Waals surface area contributed by atoms with Crippen LogP contribution in [-0.2, 0) is 6.54 Å². The highest BCUT2D eigenvalue weighted by Gasteiger charge is 2.08. The molecule has 1 heterocycles. The summed E-state index contributed by atoms with van der Waals surface area (Å²) in [5.41, 5.74) is 4.70. The Morgan fingerprint density at radius 1 is 1.14 bits per heavy atom. The van der Waals surface area contributed by atoms with E-state index >= 15 is 0 Å². The van der Waals surface area contributed by atoms with E-state index in [1.54, 1.807) is 6.07 Å². The fourth-order valence-electron chi connectivity index (χ4n) is 2.27. The van der Waals surface area contributed by atoms with E-state index in [1.165, 1.54) is 5.56 Å². The lowest BCUT2D eigenvalue weighted by Gasteiger charge is -2.06. The Balaban J connectivity index is 1.72. The predicted octanol–water partition coefficient (Wildman–Crippen LogP) is 3.11. The average molecular weight is 279 g/mol. The summed E-state index contributed by atoms with van der Waals surface area (Å²) in [7, 11) is 0. The van der Waals surface area contributed by atoms with Gasteiger partial charge in [0.25, 0.3) is 5.91 Å². The molecule has 0 radical (unpaired) electrons. The molecule has 3 rings (SSSR count). The second-order valence-electron chi connectivity index (χ2n) is 5.22. The van der Waals surface area contributed by atoms with E-state index in [1.807, 2.05) is 50.2 Å². The third-order valence-corrected chi connectivity index (χ3v) is 3.44. The van der Waals surface area contributed by atoms with Gasteiger partial charge in [-0.25, -0.2) is 4.98 Å². The number of fused-ring (bicyclic) bond motifs is 1. The van der Waals surface area contributed by atoms with Gasteiger partial charge in [0, 0.05) is 12.1 Å². The number of aromatic amines is 1. The molecule has 0 aliphatic rings. The van der Waals surface area contributed by atoms with Crippen molar-refractivity contribution >= 4 is 16.9 Å². The van der Waals surface area contributed by atoms with E-state index in [2.05, 4.69) is 15.3 Å². The number of carbonyl (C=O) groups excluding carboxylic acids is 1. The van der Waals surface area contributed by atoms with Crippen LogP contribution in [0.2, 0.25) is 0 Å². The first-order valence-corrected chi connectivity index (χ1v) is 6.92. The van der Waals surface area contributed by atoms with Crippen LogP contribution in [0.15, 0.2) is 42.5 Å². The van der Waals surface area contributed by atoms with Crippen molar-refractivity contribution < 1.29 is 4.79 Å². The molecule has 0 spiro atoms. The molecule has 2 N–H and O–H groups in total. The lowest BCUT2D eigenvalue weighted by molar-refractivity contribution is 0.0951. The second kappa shape index (κ2) is 5.40. The number of benzene rings is 2. The van der Waals surface area contributed by atoms with E-state index < -0.39 is 0 Å². The van der Waals surface area contributed by atoms with Gasteiger partial charge in [-0.1, -0.05) is 29.8 Å². The van der Waals surface area contributed by atoms with Crippen molar-refractivity contribution in [3.8, 4) is 0 Å². The Morgan fingerprint density at radius 3 is 2.67 bits per heavy atom. The third kappa shape index (κ3) is 2.94. The Labute approximate surface area is 123 Å². The van der Waals surface area contributed by atoms with Crippen LogP contribution in [0.4, 0.5) is 0 Å². The molecular weight excluding hydrogens is 262 g/mol. The minimum absolute atomic E-state index is 0.0790. The van der Waals surface area contributed by atoms with Crippen molar-refractivity contribution in [2.24, 2.45) is 0 Å². The van der Waals surface area contributed by atoms with Crippen LogP contribution >= 0.6 is 0 Å². The van der Waals surface area contributed by atoms with Crippen LogP contribution < -0.4 is 5.32 Å². The highest BCUT2D eigenvalue weighted by Crippen LogP contribution is 2.13. The van der Waals surface area contributed by atoms with Gasteiger partial charge in [0.15, 0.2) is 0 Å². The van der Waals surface area contributed by atoms with Crippen LogP contribution in [0, 0.1) is 13.8 Å². The van der Waals surface area contributed by atoms with Gasteiger partial charge in [-0.05, 0) is 37.6 Å². The fourth-order valence-corrected chi connectivity index (χ4v) is 2.27. The molecular formula is C17H17N3O. The van der Waals surface area contributed by atoms with E-state index in [4.69, 9.17) is 0 Å². The van der Waals surface area contributed by atoms with Crippen LogP contribution in [0.5, 0.6) is 0 Å². The van der Waals surface area contributed by atoms with E-state index in [0.29, 0.717) is 12.1 Å². The van der Waals surface area contributed by atoms with Gasteiger partial charge in [-0.3, -0.25) is 4.79 Å². The highest BCUT2D eigenvalue weighted by atomic mass is 16.1. The third-order valence-electron chi connectivity index (χ3n) is 3.44. The summed E-state index contributed by atoms with van der Waals surface area (Å²) >= 11 is 0. The smallest absolute Gasteiger partial charge is 0.251 e. The minimum Gasteiger partial charge on any atom is -0.348 e. The molecule has 0 bridgehead atoms. The number of H-pyrrole nitrogens is 1. The van der Waals surface area contributed by atoms with Gasteiger partial charge in [0.2, 0.25) is 0 Å². The maximum Gasteiger partial charge on any atom is 0.251 e. The Hall–Kier alpha value is -2.62. The molecule has 0 unspecified atom stereocenters. The molecule has 4 heteroatoms. The van der Waals surface area contributed by atoms with Gasteiger partial charge in [-0.2, -0.15) is 0 Å². The summed E-state index contributed by atoms with van der Waals surface area (Å²) < 4.78 is 0. The number of rotatable bonds is 3. The molecule has 1 amide bonds. The van der Waals surface area contributed by atoms with Crippen LogP contribution in [0.25, 0.3) is 11.0 Å². The number of aryl methyl sites for hydroxylation is 2. The number of aromatic nitrogens is 2. The summed E-state index contributed by atoms with van der Waals surface area (Å²) in [6.45, 7) is 4.47. The van der Waals surface area contributed by atoms with Crippen LogP contribution in [0.3, 0.4) is 0 Å². The number of amides is 1. The zero-order valence-electron chi connectivity index (χ0n) is 12.1. The van der Waals surface area contributed by atoms with Gasteiger partial charge in [0.05, 0.1) is 11.0 Å². The minimum atomic E-state index is -0.0790. The molecule has 0 saturated heterocycles. The van der Waals surface area contributed by atoms with Crippen molar-refractivity contribution in [2.75, 3.05) is 0 Å². The number of hydrogen-bond acceptors (Lipinski definition) is 2. The van der Waals surface area contributed by atoms with Gasteiger partial charge in [0.1, 0.15) is 5.82 Å². The number of nitrogens with one attached hydrogen (secondary N) is 2. The largest absolute Gasteiger partial charge is 0.348 e. The first-order chi connectivity index (χ1) is 10.1. The molecule has 21 heavy (non-hydrogen) atoms. The summed E-state index contributed by atoms with van der Waals surface area (Å²) in [6.07, 6.45) is 0. The summed E-state index contributed by atoms with van der Waals surface area (Å²) in [5, 5.41) is 2.93. The molecule has 3 aromatic rings. The SMILES string of the molecule is Cc1ccc(CNC(=O)c2ccc3nc(C)[nH]c3c2)cc1. The highest BCUT2D eigenvalue weighted by molar-refractivity contribution is 5.97. The molecule has 1 aromatic heterocycles. The predicted molar refractivity (Wildman–Crippen MR) is 83.2 cm³/mol. The molecule has 4 nitrogen and oxygen atoms in total. The number of nitrogens with zero attached hydrogens (tertiary/aromatic N) is 1. The maximum atomic E-state index is 12.2. The quantitative estimate of drug-likeness (QED) is 0.774. The summed E-state index contributed by atoms with van der Waals surface area (Å²) in [6, 6.07) is 13.6. The standard InChI is InChI=1S/C17H17N3O/c1-11-3-5-13(6-4-11)10-18-17(21)14-7-8-15-16(9-14)20-12(2)19-15/h3-9H,10H2,1-2H3,(H,18,21)(H,19,20). The number of carbonyl (C=O) groups is 1. The van der Waals surface area contributed by atoms with Crippen LogP contribution in [0.1, 0.15) is 27.3 Å². The molecule has 2 aromatic carbocycles. The molecule has 0 atom stereocenters. The molecule has 0 aliphatic heterocycles. The average Bonchev–Trinajstić information content (AvgIpc) is 2.85. The van der Waals surface area contributed by atoms with Gasteiger partial charge >= 0.3 is 0 Å².